The van der Waals surface area contributed by atoms with Crippen molar-refractivity contribution in [1.29, 1.82) is 0 Å². The summed E-state index contributed by atoms with van der Waals surface area (Å²) >= 11 is 0. The molecule has 0 aliphatic carbocycles. The molecule has 2 aliphatic rings. The highest BCUT2D eigenvalue weighted by molar-refractivity contribution is 5.79. The first kappa shape index (κ1) is 20.0. The van der Waals surface area contributed by atoms with Crippen LogP contribution in [0.25, 0.3) is 17.0 Å². The average Bonchev–Trinajstić information content (AvgIpc) is 3.23. The van der Waals surface area contributed by atoms with Crippen LogP contribution in [0, 0.1) is 18.8 Å². The van der Waals surface area contributed by atoms with Crippen molar-refractivity contribution in [2.75, 3.05) is 31.1 Å². The molecule has 0 spiro atoms. The molecule has 3 aromatic rings. The lowest BCUT2D eigenvalue weighted by Crippen LogP contribution is -2.45. The molecule has 1 aromatic carbocycles. The molecule has 0 radical (unpaired) electrons. The zero-order chi connectivity index (χ0) is 21.4. The van der Waals surface area contributed by atoms with Gasteiger partial charge in [0.15, 0.2) is 11.5 Å². The van der Waals surface area contributed by atoms with Gasteiger partial charge in [0.25, 0.3) is 0 Å². The molecule has 7 nitrogen and oxygen atoms in total. The number of carbonyl (C=O) groups is 1. The number of carbonyl (C=O) groups excluding carboxylic acids is 1. The fourth-order valence-corrected chi connectivity index (χ4v) is 4.67. The topological polar surface area (TPSA) is 66.6 Å². The summed E-state index contributed by atoms with van der Waals surface area (Å²) in [5.74, 6) is 2.91. The first-order chi connectivity index (χ1) is 15.1. The molecule has 1 amide bonds. The summed E-state index contributed by atoms with van der Waals surface area (Å²) in [7, 11) is 0. The predicted molar refractivity (Wildman–Crippen MR) is 121 cm³/mol. The van der Waals surface area contributed by atoms with Gasteiger partial charge in [-0.1, -0.05) is 36.8 Å². The van der Waals surface area contributed by atoms with Crippen molar-refractivity contribution in [2.24, 2.45) is 11.8 Å². The van der Waals surface area contributed by atoms with Crippen molar-refractivity contribution in [1.82, 2.24) is 24.7 Å². The molecule has 5 rings (SSSR count). The van der Waals surface area contributed by atoms with E-state index in [1.54, 1.807) is 0 Å². The van der Waals surface area contributed by atoms with Crippen LogP contribution in [0.3, 0.4) is 0 Å². The predicted octanol–water partition coefficient (Wildman–Crippen LogP) is 3.57. The summed E-state index contributed by atoms with van der Waals surface area (Å²) in [4.78, 5) is 17.3. The summed E-state index contributed by atoms with van der Waals surface area (Å²) in [6, 6.07) is 12.2. The van der Waals surface area contributed by atoms with Gasteiger partial charge < -0.3 is 9.80 Å². The monoisotopic (exact) mass is 418 g/mol. The second kappa shape index (κ2) is 8.29. The summed E-state index contributed by atoms with van der Waals surface area (Å²) in [6.07, 6.45) is 4.04. The Kier molecular flexibility index (Phi) is 5.34. The van der Waals surface area contributed by atoms with Crippen molar-refractivity contribution < 1.29 is 4.79 Å². The van der Waals surface area contributed by atoms with E-state index in [1.807, 2.05) is 16.6 Å². The van der Waals surface area contributed by atoms with Gasteiger partial charge >= 0.3 is 0 Å². The van der Waals surface area contributed by atoms with Crippen LogP contribution in [-0.2, 0) is 4.79 Å². The summed E-state index contributed by atoms with van der Waals surface area (Å²) in [6.45, 7) is 7.90. The molecule has 4 heterocycles. The number of amides is 1. The van der Waals surface area contributed by atoms with Crippen molar-refractivity contribution in [3.8, 4) is 11.4 Å². The minimum absolute atomic E-state index is 0.145. The first-order valence-corrected chi connectivity index (χ1v) is 11.4. The third-order valence-electron chi connectivity index (χ3n) is 6.82. The molecule has 0 N–H and O–H groups in total. The maximum atomic E-state index is 12.9. The highest BCUT2D eigenvalue weighted by Crippen LogP contribution is 2.26. The molecule has 2 fully saturated rings. The summed E-state index contributed by atoms with van der Waals surface area (Å²) < 4.78 is 1.83. The van der Waals surface area contributed by atoms with Gasteiger partial charge in [-0.15, -0.1) is 15.3 Å². The number of piperidine rings is 2. The minimum Gasteiger partial charge on any atom is -0.355 e. The molecule has 31 heavy (non-hydrogen) atoms. The number of nitrogens with zero attached hydrogens (tertiary/aromatic N) is 6. The number of aromatic nitrogens is 4. The number of rotatable bonds is 3. The Morgan fingerprint density at radius 2 is 1.61 bits per heavy atom. The van der Waals surface area contributed by atoms with E-state index in [0.717, 1.165) is 80.6 Å². The first-order valence-electron chi connectivity index (χ1n) is 11.4. The number of anilines is 1. The molecular weight excluding hydrogens is 388 g/mol. The Hall–Kier alpha value is -2.96. The summed E-state index contributed by atoms with van der Waals surface area (Å²) in [5, 5.41) is 13.5. The Morgan fingerprint density at radius 3 is 2.32 bits per heavy atom. The third kappa shape index (κ3) is 4.01. The van der Waals surface area contributed by atoms with E-state index in [1.165, 1.54) is 5.56 Å². The van der Waals surface area contributed by atoms with Gasteiger partial charge in [0.1, 0.15) is 5.82 Å². The fraction of sp³-hybridized carbons (Fsp3) is 0.500. The molecule has 0 bridgehead atoms. The van der Waals surface area contributed by atoms with Crippen LogP contribution in [0.2, 0.25) is 0 Å². The van der Waals surface area contributed by atoms with Crippen molar-refractivity contribution in [2.45, 2.75) is 39.5 Å². The van der Waals surface area contributed by atoms with Gasteiger partial charge in [0.2, 0.25) is 5.91 Å². The van der Waals surface area contributed by atoms with Gasteiger partial charge in [-0.25, -0.2) is 0 Å². The molecule has 2 aromatic heterocycles. The molecule has 7 heteroatoms. The van der Waals surface area contributed by atoms with Gasteiger partial charge in [0, 0.05) is 37.7 Å². The van der Waals surface area contributed by atoms with Gasteiger partial charge in [0.05, 0.1) is 0 Å². The van der Waals surface area contributed by atoms with Crippen LogP contribution >= 0.6 is 0 Å². The Labute approximate surface area is 183 Å². The van der Waals surface area contributed by atoms with Crippen LogP contribution in [-0.4, -0.2) is 56.8 Å². The lowest BCUT2D eigenvalue weighted by molar-refractivity contribution is -0.137. The Bertz CT molecular complexity index is 1060. The van der Waals surface area contributed by atoms with E-state index in [0.29, 0.717) is 5.91 Å². The maximum absolute atomic E-state index is 12.9. The molecule has 162 valence electrons. The lowest BCUT2D eigenvalue weighted by atomic mass is 9.92. The largest absolute Gasteiger partial charge is 0.355 e. The van der Waals surface area contributed by atoms with Crippen LogP contribution in [0.5, 0.6) is 0 Å². The normalized spacial score (nSPS) is 18.6. The number of aryl methyl sites for hydroxylation is 1. The lowest BCUT2D eigenvalue weighted by Gasteiger charge is -2.37. The Morgan fingerprint density at radius 1 is 0.903 bits per heavy atom. The van der Waals surface area contributed by atoms with Crippen LogP contribution in [0.15, 0.2) is 36.4 Å². The van der Waals surface area contributed by atoms with E-state index < -0.39 is 0 Å². The molecule has 0 saturated carbocycles. The zero-order valence-electron chi connectivity index (χ0n) is 18.4. The van der Waals surface area contributed by atoms with Gasteiger partial charge in [-0.05, 0) is 50.7 Å². The van der Waals surface area contributed by atoms with E-state index >= 15 is 0 Å². The number of likely N-dealkylation sites (tertiary alicyclic amines) is 1. The van der Waals surface area contributed by atoms with Crippen molar-refractivity contribution >= 4 is 17.4 Å². The molecular formula is C24H30N6O. The minimum atomic E-state index is 0.145. The van der Waals surface area contributed by atoms with Gasteiger partial charge in [-0.3, -0.25) is 4.79 Å². The quantitative estimate of drug-likeness (QED) is 0.650. The number of fused-ring (bicyclic) bond motifs is 1. The van der Waals surface area contributed by atoms with E-state index in [9.17, 15) is 4.79 Å². The number of hydrogen-bond donors (Lipinski definition) is 0. The SMILES string of the molecule is Cc1ccc(-c2nnc3ccc(N4CCC(C(=O)N5CCC(C)CC5)CC4)nn23)cc1. The number of hydrogen-bond acceptors (Lipinski definition) is 5. The third-order valence-corrected chi connectivity index (χ3v) is 6.82. The van der Waals surface area contributed by atoms with Gasteiger partial charge in [-0.2, -0.15) is 4.52 Å². The van der Waals surface area contributed by atoms with Crippen molar-refractivity contribution in [3.63, 3.8) is 0 Å². The van der Waals surface area contributed by atoms with E-state index in [-0.39, 0.29) is 5.92 Å². The van der Waals surface area contributed by atoms with Crippen LogP contribution < -0.4 is 4.90 Å². The Balaban J connectivity index is 1.29. The second-order valence-corrected chi connectivity index (χ2v) is 9.12. The highest BCUT2D eigenvalue weighted by atomic mass is 16.2. The average molecular weight is 419 g/mol. The molecule has 2 saturated heterocycles. The van der Waals surface area contributed by atoms with Crippen LogP contribution in [0.4, 0.5) is 5.82 Å². The van der Waals surface area contributed by atoms with E-state index in [2.05, 4.69) is 58.1 Å². The van der Waals surface area contributed by atoms with Crippen molar-refractivity contribution in [3.05, 3.63) is 42.0 Å². The molecule has 0 unspecified atom stereocenters. The standard InChI is InChI=1S/C24H30N6O/c1-17-3-5-19(6-4-17)23-26-25-21-7-8-22(27-30(21)23)28-15-11-20(12-16-28)24(31)29-13-9-18(2)10-14-29/h3-8,18,20H,9-16H2,1-2H3. The number of benzene rings is 1. The zero-order valence-corrected chi connectivity index (χ0v) is 18.4. The van der Waals surface area contributed by atoms with E-state index in [4.69, 9.17) is 5.10 Å². The smallest absolute Gasteiger partial charge is 0.225 e. The fourth-order valence-electron chi connectivity index (χ4n) is 4.67. The second-order valence-electron chi connectivity index (χ2n) is 9.12. The maximum Gasteiger partial charge on any atom is 0.225 e. The van der Waals surface area contributed by atoms with Crippen LogP contribution in [0.1, 0.15) is 38.2 Å². The molecule has 0 atom stereocenters. The summed E-state index contributed by atoms with van der Waals surface area (Å²) in [5.41, 5.74) is 2.95. The molecule has 2 aliphatic heterocycles. The highest BCUT2D eigenvalue weighted by Gasteiger charge is 2.30.